The lowest BCUT2D eigenvalue weighted by Crippen LogP contribution is -2.33. The fourth-order valence-corrected chi connectivity index (χ4v) is 2.56. The van der Waals surface area contributed by atoms with Crippen LogP contribution in [-0.2, 0) is 16.0 Å². The Morgan fingerprint density at radius 3 is 2.95 bits per heavy atom. The maximum Gasteiger partial charge on any atom is 0.236 e. The number of nitrogens with two attached hydrogens (primary N) is 1. The number of nitrogens with one attached hydrogen (secondary N) is 2. The van der Waals surface area contributed by atoms with E-state index >= 15 is 0 Å². The summed E-state index contributed by atoms with van der Waals surface area (Å²) in [6, 6.07) is 1.90. The molecule has 0 radical (unpaired) electrons. The molecular weight excluding hydrogens is 282 g/mol. The summed E-state index contributed by atoms with van der Waals surface area (Å²) in [6.07, 6.45) is 3.04. The number of carbonyl (C=O) groups excluding carboxylic acids is 2. The van der Waals surface area contributed by atoms with Gasteiger partial charge in [0.05, 0.1) is 6.54 Å². The van der Waals surface area contributed by atoms with Crippen LogP contribution in [-0.4, -0.2) is 41.4 Å². The van der Waals surface area contributed by atoms with Crippen LogP contribution in [0, 0.1) is 6.92 Å². The van der Waals surface area contributed by atoms with Gasteiger partial charge >= 0.3 is 0 Å². The zero-order valence-electron chi connectivity index (χ0n) is 12.9. The number of amides is 2. The lowest BCUT2D eigenvalue weighted by Gasteiger charge is -2.22. The van der Waals surface area contributed by atoms with Gasteiger partial charge in [-0.2, -0.15) is 0 Å². The van der Waals surface area contributed by atoms with Crippen LogP contribution in [0.15, 0.2) is 6.07 Å². The molecular formula is C15H23N5O2. The van der Waals surface area contributed by atoms with Crippen molar-refractivity contribution >= 4 is 11.8 Å². The van der Waals surface area contributed by atoms with Gasteiger partial charge in [0.25, 0.3) is 0 Å². The first-order valence-corrected chi connectivity index (χ1v) is 7.65. The monoisotopic (exact) mass is 305 g/mol. The molecule has 1 atom stereocenters. The summed E-state index contributed by atoms with van der Waals surface area (Å²) < 4.78 is 0. The Hall–Kier alpha value is -2.02. The van der Waals surface area contributed by atoms with E-state index < -0.39 is 5.91 Å². The van der Waals surface area contributed by atoms with E-state index in [-0.39, 0.29) is 18.9 Å². The summed E-state index contributed by atoms with van der Waals surface area (Å²) in [5.74, 6) is 0.463. The van der Waals surface area contributed by atoms with Crippen molar-refractivity contribution in [2.45, 2.75) is 38.5 Å². The smallest absolute Gasteiger partial charge is 0.236 e. The maximum absolute atomic E-state index is 11.6. The van der Waals surface area contributed by atoms with Crippen LogP contribution in [0.5, 0.6) is 0 Å². The largest absolute Gasteiger partial charge is 0.368 e. The number of primary amides is 1. The summed E-state index contributed by atoms with van der Waals surface area (Å²) in [5, 5.41) is 5.84. The van der Waals surface area contributed by atoms with Crippen LogP contribution in [0.1, 0.15) is 42.4 Å². The number of aryl methyl sites for hydroxylation is 2. The van der Waals surface area contributed by atoms with E-state index in [1.54, 1.807) is 0 Å². The Labute approximate surface area is 130 Å². The van der Waals surface area contributed by atoms with Gasteiger partial charge < -0.3 is 16.4 Å². The van der Waals surface area contributed by atoms with Gasteiger partial charge in [0.1, 0.15) is 5.82 Å². The van der Waals surface area contributed by atoms with E-state index in [0.29, 0.717) is 12.3 Å². The highest BCUT2D eigenvalue weighted by molar-refractivity contribution is 5.83. The lowest BCUT2D eigenvalue weighted by molar-refractivity contribution is -0.124. The second-order valence-electron chi connectivity index (χ2n) is 5.65. The van der Waals surface area contributed by atoms with Crippen molar-refractivity contribution in [2.24, 2.45) is 5.73 Å². The first-order chi connectivity index (χ1) is 10.5. The standard InChI is InChI=1S/C15H23N5O2/c1-10-7-12(4-5-14(22)18-9-13(16)21)20-15(19-10)11-3-2-6-17-8-11/h7,11,17H,2-6,8-9H2,1H3,(H2,16,21)(H,18,22)/t11-/m1/s1. The molecule has 1 aliphatic rings. The molecule has 1 aromatic rings. The summed E-state index contributed by atoms with van der Waals surface area (Å²) in [6.45, 7) is 3.77. The van der Waals surface area contributed by atoms with Crippen LogP contribution in [0.2, 0.25) is 0 Å². The predicted molar refractivity (Wildman–Crippen MR) is 82.1 cm³/mol. The molecule has 1 aromatic heterocycles. The van der Waals surface area contributed by atoms with Crippen molar-refractivity contribution < 1.29 is 9.59 Å². The van der Waals surface area contributed by atoms with Crippen LogP contribution in [0.4, 0.5) is 0 Å². The highest BCUT2D eigenvalue weighted by Crippen LogP contribution is 2.20. The third-order valence-corrected chi connectivity index (χ3v) is 3.65. The number of hydrogen-bond donors (Lipinski definition) is 3. The van der Waals surface area contributed by atoms with E-state index in [2.05, 4.69) is 20.6 Å². The molecule has 7 heteroatoms. The number of piperidine rings is 1. The van der Waals surface area contributed by atoms with Crippen LogP contribution >= 0.6 is 0 Å². The average Bonchev–Trinajstić information content (AvgIpc) is 2.51. The minimum absolute atomic E-state index is 0.124. The molecule has 1 saturated heterocycles. The molecule has 0 aromatic carbocycles. The third kappa shape index (κ3) is 5.07. The molecule has 4 N–H and O–H groups in total. The van der Waals surface area contributed by atoms with Gasteiger partial charge in [0.2, 0.25) is 11.8 Å². The molecule has 0 aliphatic carbocycles. The first kappa shape index (κ1) is 16.4. The van der Waals surface area contributed by atoms with Crippen molar-refractivity contribution in [1.82, 2.24) is 20.6 Å². The quantitative estimate of drug-likeness (QED) is 0.673. The highest BCUT2D eigenvalue weighted by atomic mass is 16.2. The predicted octanol–water partition coefficient (Wildman–Crippen LogP) is -0.214. The Morgan fingerprint density at radius 1 is 1.45 bits per heavy atom. The van der Waals surface area contributed by atoms with Gasteiger partial charge in [-0.15, -0.1) is 0 Å². The SMILES string of the molecule is Cc1cc(CCC(=O)NCC(N)=O)nc([C@@H]2CCCNC2)n1. The zero-order chi connectivity index (χ0) is 15.9. The van der Waals surface area contributed by atoms with Gasteiger partial charge in [0.15, 0.2) is 0 Å². The summed E-state index contributed by atoms with van der Waals surface area (Å²) in [4.78, 5) is 31.4. The third-order valence-electron chi connectivity index (χ3n) is 3.65. The van der Waals surface area contributed by atoms with E-state index in [4.69, 9.17) is 5.73 Å². The Bertz CT molecular complexity index is 541. The Balaban J connectivity index is 1.94. The fraction of sp³-hybridized carbons (Fsp3) is 0.600. The number of rotatable bonds is 6. The molecule has 0 unspecified atom stereocenters. The number of carbonyl (C=O) groups is 2. The number of nitrogens with zero attached hydrogens (tertiary/aromatic N) is 2. The van der Waals surface area contributed by atoms with Crippen LogP contribution < -0.4 is 16.4 Å². The average molecular weight is 305 g/mol. The minimum Gasteiger partial charge on any atom is -0.368 e. The van der Waals surface area contributed by atoms with Gasteiger partial charge in [-0.05, 0) is 38.8 Å². The summed E-state index contributed by atoms with van der Waals surface area (Å²) in [7, 11) is 0. The van der Waals surface area contributed by atoms with Crippen molar-refractivity contribution in [1.29, 1.82) is 0 Å². The Kier molecular flexibility index (Phi) is 5.83. The second kappa shape index (κ2) is 7.84. The van der Waals surface area contributed by atoms with Crippen molar-refractivity contribution in [3.63, 3.8) is 0 Å². The molecule has 0 spiro atoms. The molecule has 0 saturated carbocycles. The zero-order valence-corrected chi connectivity index (χ0v) is 12.9. The number of hydrogen-bond acceptors (Lipinski definition) is 5. The molecule has 1 fully saturated rings. The molecule has 2 amide bonds. The molecule has 120 valence electrons. The summed E-state index contributed by atoms with van der Waals surface area (Å²) in [5.41, 5.74) is 6.77. The van der Waals surface area contributed by atoms with E-state index in [0.717, 1.165) is 43.1 Å². The van der Waals surface area contributed by atoms with Gasteiger partial charge in [-0.3, -0.25) is 9.59 Å². The molecule has 0 bridgehead atoms. The normalized spacial score (nSPS) is 18.0. The molecule has 2 heterocycles. The summed E-state index contributed by atoms with van der Waals surface area (Å²) >= 11 is 0. The highest BCUT2D eigenvalue weighted by Gasteiger charge is 2.18. The molecule has 2 rings (SSSR count). The lowest BCUT2D eigenvalue weighted by atomic mass is 9.98. The first-order valence-electron chi connectivity index (χ1n) is 7.65. The van der Waals surface area contributed by atoms with E-state index in [9.17, 15) is 9.59 Å². The van der Waals surface area contributed by atoms with Gasteiger partial charge in [-0.25, -0.2) is 9.97 Å². The minimum atomic E-state index is -0.543. The van der Waals surface area contributed by atoms with Crippen molar-refractivity contribution in [3.8, 4) is 0 Å². The second-order valence-corrected chi connectivity index (χ2v) is 5.65. The van der Waals surface area contributed by atoms with Crippen molar-refractivity contribution in [2.75, 3.05) is 19.6 Å². The molecule has 22 heavy (non-hydrogen) atoms. The number of aromatic nitrogens is 2. The van der Waals surface area contributed by atoms with Crippen molar-refractivity contribution in [3.05, 3.63) is 23.3 Å². The molecule has 1 aliphatic heterocycles. The van der Waals surface area contributed by atoms with E-state index in [1.165, 1.54) is 0 Å². The fourth-order valence-electron chi connectivity index (χ4n) is 2.56. The maximum atomic E-state index is 11.6. The van der Waals surface area contributed by atoms with Gasteiger partial charge in [-0.1, -0.05) is 0 Å². The van der Waals surface area contributed by atoms with Crippen LogP contribution in [0.3, 0.4) is 0 Å². The van der Waals surface area contributed by atoms with Crippen LogP contribution in [0.25, 0.3) is 0 Å². The molecule has 7 nitrogen and oxygen atoms in total. The van der Waals surface area contributed by atoms with Gasteiger partial charge in [0, 0.05) is 30.3 Å². The topological polar surface area (TPSA) is 110 Å². The van der Waals surface area contributed by atoms with E-state index in [1.807, 2.05) is 13.0 Å². The Morgan fingerprint density at radius 2 is 2.27 bits per heavy atom.